The van der Waals surface area contributed by atoms with Crippen LogP contribution in [-0.2, 0) is 10.0 Å². The van der Waals surface area contributed by atoms with E-state index < -0.39 is 10.0 Å². The highest BCUT2D eigenvalue weighted by Gasteiger charge is 2.24. The van der Waals surface area contributed by atoms with E-state index in [4.69, 9.17) is 5.26 Å². The molecular formula is C15H16N2O2S2. The van der Waals surface area contributed by atoms with Gasteiger partial charge in [0.15, 0.2) is 0 Å². The van der Waals surface area contributed by atoms with Gasteiger partial charge in [0.2, 0.25) is 10.0 Å². The molecule has 0 fully saturated rings. The van der Waals surface area contributed by atoms with Crippen molar-refractivity contribution in [1.82, 2.24) is 4.72 Å². The average molecular weight is 320 g/mol. The Hall–Kier alpha value is -1.68. The van der Waals surface area contributed by atoms with Gasteiger partial charge in [-0.2, -0.15) is 5.26 Å². The summed E-state index contributed by atoms with van der Waals surface area (Å²) in [5, 5.41) is 10.8. The molecule has 1 aromatic carbocycles. The summed E-state index contributed by atoms with van der Waals surface area (Å²) in [6, 6.07) is 11.5. The summed E-state index contributed by atoms with van der Waals surface area (Å²) in [7, 11) is -3.66. The number of hydrogen-bond acceptors (Lipinski definition) is 4. The minimum atomic E-state index is -3.66. The van der Waals surface area contributed by atoms with Crippen LogP contribution < -0.4 is 4.72 Å². The molecule has 0 aliphatic heterocycles. The fraction of sp³-hybridized carbons (Fsp3) is 0.267. The van der Waals surface area contributed by atoms with E-state index in [9.17, 15) is 8.42 Å². The van der Waals surface area contributed by atoms with Gasteiger partial charge in [0.1, 0.15) is 0 Å². The van der Waals surface area contributed by atoms with Crippen molar-refractivity contribution in [3.05, 3.63) is 52.2 Å². The number of benzene rings is 1. The first-order valence-corrected chi connectivity index (χ1v) is 8.86. The Kier molecular flexibility index (Phi) is 4.78. The predicted octanol–water partition coefficient (Wildman–Crippen LogP) is 3.30. The molecule has 0 saturated heterocycles. The van der Waals surface area contributed by atoms with Crippen LogP contribution in [0.4, 0.5) is 0 Å². The van der Waals surface area contributed by atoms with Crippen LogP contribution in [0.2, 0.25) is 0 Å². The molecule has 110 valence electrons. The number of hydrogen-bond donors (Lipinski definition) is 1. The molecule has 0 aliphatic rings. The van der Waals surface area contributed by atoms with Crippen LogP contribution in [0, 0.1) is 17.2 Å². The maximum absolute atomic E-state index is 12.5. The Bertz CT molecular complexity index is 744. The molecule has 6 heteroatoms. The number of nitriles is 1. The van der Waals surface area contributed by atoms with Crippen molar-refractivity contribution in [1.29, 1.82) is 5.26 Å². The van der Waals surface area contributed by atoms with E-state index in [1.165, 1.54) is 23.5 Å². The molecule has 0 bridgehead atoms. The molecule has 4 nitrogen and oxygen atoms in total. The lowest BCUT2D eigenvalue weighted by Gasteiger charge is -2.21. The van der Waals surface area contributed by atoms with Gasteiger partial charge in [0.05, 0.1) is 22.6 Å². The van der Waals surface area contributed by atoms with Crippen LogP contribution in [0.25, 0.3) is 0 Å². The van der Waals surface area contributed by atoms with E-state index in [1.54, 1.807) is 12.1 Å². The van der Waals surface area contributed by atoms with Gasteiger partial charge in [0.25, 0.3) is 0 Å². The SMILES string of the molecule is CC(C)[C@H](NS(=O)(=O)c1cccc(C#N)c1)c1cccs1. The Labute approximate surface area is 129 Å². The normalized spacial score (nSPS) is 13.0. The Morgan fingerprint density at radius 1 is 1.24 bits per heavy atom. The monoisotopic (exact) mass is 320 g/mol. The van der Waals surface area contributed by atoms with Gasteiger partial charge in [-0.3, -0.25) is 0 Å². The van der Waals surface area contributed by atoms with E-state index in [1.807, 2.05) is 37.4 Å². The molecule has 0 radical (unpaired) electrons. The first-order chi connectivity index (χ1) is 9.94. The summed E-state index contributed by atoms with van der Waals surface area (Å²) in [4.78, 5) is 1.09. The van der Waals surface area contributed by atoms with Gasteiger partial charge in [-0.05, 0) is 35.6 Å². The van der Waals surface area contributed by atoms with Gasteiger partial charge in [-0.15, -0.1) is 11.3 Å². The third kappa shape index (κ3) is 3.70. The summed E-state index contributed by atoms with van der Waals surface area (Å²) in [5.74, 6) is 0.123. The van der Waals surface area contributed by atoms with E-state index >= 15 is 0 Å². The lowest BCUT2D eigenvalue weighted by Crippen LogP contribution is -2.31. The lowest BCUT2D eigenvalue weighted by atomic mass is 10.0. The number of nitrogens with zero attached hydrogens (tertiary/aromatic N) is 1. The molecule has 0 saturated carbocycles. The standard InChI is InChI=1S/C15H16N2O2S2/c1-11(2)15(14-7-4-8-20-14)17-21(18,19)13-6-3-5-12(9-13)10-16/h3-9,11,15,17H,1-2H3/t15-/m0/s1. The zero-order valence-electron chi connectivity index (χ0n) is 11.8. The van der Waals surface area contributed by atoms with Crippen molar-refractivity contribution in [2.75, 3.05) is 0 Å². The molecule has 2 aromatic rings. The first-order valence-electron chi connectivity index (χ1n) is 6.50. The third-order valence-electron chi connectivity index (χ3n) is 3.07. The van der Waals surface area contributed by atoms with Crippen LogP contribution in [0.15, 0.2) is 46.7 Å². The zero-order chi connectivity index (χ0) is 15.5. The van der Waals surface area contributed by atoms with E-state index in [2.05, 4.69) is 4.72 Å². The highest BCUT2D eigenvalue weighted by Crippen LogP contribution is 2.27. The molecule has 1 heterocycles. The predicted molar refractivity (Wildman–Crippen MR) is 83.4 cm³/mol. The van der Waals surface area contributed by atoms with Gasteiger partial charge >= 0.3 is 0 Å². The average Bonchev–Trinajstić information content (AvgIpc) is 2.98. The first kappa shape index (κ1) is 15.7. The van der Waals surface area contributed by atoms with E-state index in [0.29, 0.717) is 5.56 Å². The minimum Gasteiger partial charge on any atom is -0.207 e. The Balaban J connectivity index is 2.33. The van der Waals surface area contributed by atoms with Crippen LogP contribution in [0.5, 0.6) is 0 Å². The fourth-order valence-electron chi connectivity index (χ4n) is 1.96. The molecule has 21 heavy (non-hydrogen) atoms. The highest BCUT2D eigenvalue weighted by atomic mass is 32.2. The van der Waals surface area contributed by atoms with Gasteiger partial charge in [0, 0.05) is 4.88 Å². The van der Waals surface area contributed by atoms with Crippen LogP contribution in [0.3, 0.4) is 0 Å². The molecule has 1 atom stereocenters. The highest BCUT2D eigenvalue weighted by molar-refractivity contribution is 7.89. The van der Waals surface area contributed by atoms with Gasteiger partial charge in [-0.25, -0.2) is 13.1 Å². The fourth-order valence-corrected chi connectivity index (χ4v) is 4.39. The number of rotatable bonds is 5. The van der Waals surface area contributed by atoms with E-state index in [0.717, 1.165) is 4.88 Å². The smallest absolute Gasteiger partial charge is 0.207 e. The topological polar surface area (TPSA) is 70.0 Å². The van der Waals surface area contributed by atoms with Crippen LogP contribution in [0.1, 0.15) is 30.3 Å². The largest absolute Gasteiger partial charge is 0.241 e. The summed E-state index contributed by atoms with van der Waals surface area (Å²) in [6.07, 6.45) is 0. The molecule has 0 unspecified atom stereocenters. The van der Waals surface area contributed by atoms with Crippen LogP contribution in [-0.4, -0.2) is 8.42 Å². The molecule has 1 aromatic heterocycles. The molecule has 0 amide bonds. The van der Waals surface area contributed by atoms with Crippen molar-refractivity contribution in [2.45, 2.75) is 24.8 Å². The summed E-state index contributed by atoms with van der Waals surface area (Å²) in [6.45, 7) is 3.94. The van der Waals surface area contributed by atoms with Crippen molar-refractivity contribution in [3.63, 3.8) is 0 Å². The second-order valence-corrected chi connectivity index (χ2v) is 7.69. The lowest BCUT2D eigenvalue weighted by molar-refractivity contribution is 0.469. The van der Waals surface area contributed by atoms with Crippen molar-refractivity contribution in [2.24, 2.45) is 5.92 Å². The number of sulfonamides is 1. The van der Waals surface area contributed by atoms with Crippen molar-refractivity contribution in [3.8, 4) is 6.07 Å². The summed E-state index contributed by atoms with van der Waals surface area (Å²) in [5.41, 5.74) is 0.329. The summed E-state index contributed by atoms with van der Waals surface area (Å²) < 4.78 is 27.7. The second kappa shape index (κ2) is 6.39. The van der Waals surface area contributed by atoms with Gasteiger partial charge in [-0.1, -0.05) is 26.0 Å². The summed E-state index contributed by atoms with van der Waals surface area (Å²) >= 11 is 1.52. The molecule has 0 spiro atoms. The Morgan fingerprint density at radius 3 is 2.57 bits per heavy atom. The van der Waals surface area contributed by atoms with E-state index in [-0.39, 0.29) is 16.9 Å². The number of nitrogens with one attached hydrogen (secondary N) is 1. The zero-order valence-corrected chi connectivity index (χ0v) is 13.4. The second-order valence-electron chi connectivity index (χ2n) is 5.00. The maximum atomic E-state index is 12.5. The number of thiophene rings is 1. The molecule has 1 N–H and O–H groups in total. The van der Waals surface area contributed by atoms with Gasteiger partial charge < -0.3 is 0 Å². The Morgan fingerprint density at radius 2 is 2.00 bits per heavy atom. The molecule has 2 rings (SSSR count). The van der Waals surface area contributed by atoms with Crippen LogP contribution >= 0.6 is 11.3 Å². The van der Waals surface area contributed by atoms with Crippen molar-refractivity contribution >= 4 is 21.4 Å². The minimum absolute atomic E-state index is 0.115. The third-order valence-corrected chi connectivity index (χ3v) is 5.47. The maximum Gasteiger partial charge on any atom is 0.241 e. The molecule has 0 aliphatic carbocycles. The molecular weight excluding hydrogens is 304 g/mol. The van der Waals surface area contributed by atoms with Crippen molar-refractivity contribution < 1.29 is 8.42 Å². The quantitative estimate of drug-likeness (QED) is 0.919.